The first-order chi connectivity index (χ1) is 8.17. The Kier molecular flexibility index (Phi) is 3.11. The van der Waals surface area contributed by atoms with Gasteiger partial charge in [0.25, 0.3) is 0 Å². The molecule has 0 aromatic carbocycles. The van der Waals surface area contributed by atoms with Crippen LogP contribution in [-0.2, 0) is 0 Å². The molecule has 0 aliphatic heterocycles. The summed E-state index contributed by atoms with van der Waals surface area (Å²) in [5, 5.41) is 0. The van der Waals surface area contributed by atoms with Crippen molar-refractivity contribution in [1.29, 1.82) is 0 Å². The fraction of sp³-hybridized carbons (Fsp3) is 0.786. The molecule has 2 rings (SSSR count). The third-order valence-electron chi connectivity index (χ3n) is 4.85. The second kappa shape index (κ2) is 4.10. The summed E-state index contributed by atoms with van der Waals surface area (Å²) in [7, 11) is 0. The van der Waals surface area contributed by atoms with Crippen molar-refractivity contribution in [1.82, 2.24) is 0 Å². The van der Waals surface area contributed by atoms with Gasteiger partial charge in [0, 0.05) is 16.7 Å². The molecule has 0 radical (unpaired) electrons. The second-order valence-electron chi connectivity index (χ2n) is 6.27. The first kappa shape index (κ1) is 13.6. The van der Waals surface area contributed by atoms with Crippen LogP contribution < -0.4 is 0 Å². The van der Waals surface area contributed by atoms with E-state index in [-0.39, 0.29) is 12.0 Å². The summed E-state index contributed by atoms with van der Waals surface area (Å²) >= 11 is 0. The fourth-order valence-corrected chi connectivity index (χ4v) is 3.46. The molecule has 0 N–H and O–H groups in total. The van der Waals surface area contributed by atoms with Gasteiger partial charge in [0.1, 0.15) is 0 Å². The summed E-state index contributed by atoms with van der Waals surface area (Å²) < 4.78 is 37.1. The van der Waals surface area contributed by atoms with Gasteiger partial charge in [-0.2, -0.15) is 13.2 Å². The molecule has 0 heterocycles. The van der Waals surface area contributed by atoms with Crippen LogP contribution in [-0.4, -0.2) is 18.4 Å². The second-order valence-corrected chi connectivity index (χ2v) is 6.27. The van der Waals surface area contributed by atoms with Crippen LogP contribution in [0, 0.1) is 10.8 Å². The highest BCUT2D eigenvalue weighted by Gasteiger charge is 2.52. The molecule has 18 heavy (non-hydrogen) atoms. The summed E-state index contributed by atoms with van der Waals surface area (Å²) in [4.78, 5) is 4.17. The molecule has 2 aliphatic carbocycles. The third kappa shape index (κ3) is 2.34. The highest BCUT2D eigenvalue weighted by atomic mass is 19.4. The summed E-state index contributed by atoms with van der Waals surface area (Å²) in [6.07, 6.45) is 1.30. The number of hydrogen-bond acceptors (Lipinski definition) is 1. The summed E-state index contributed by atoms with van der Waals surface area (Å²) in [5.74, 6) is 0. The lowest BCUT2D eigenvalue weighted by Crippen LogP contribution is -2.25. The number of rotatable bonds is 3. The fourth-order valence-electron chi connectivity index (χ4n) is 3.46. The zero-order valence-electron chi connectivity index (χ0n) is 11.0. The van der Waals surface area contributed by atoms with Gasteiger partial charge in [-0.15, -0.1) is 0 Å². The van der Waals surface area contributed by atoms with Gasteiger partial charge < -0.3 is 0 Å². The summed E-state index contributed by atoms with van der Waals surface area (Å²) in [6, 6.07) is 0. The van der Waals surface area contributed by atoms with Gasteiger partial charge in [-0.3, -0.25) is 4.99 Å². The zero-order valence-corrected chi connectivity index (χ0v) is 11.0. The lowest BCUT2D eigenvalue weighted by molar-refractivity contribution is -0.0917. The highest BCUT2D eigenvalue weighted by molar-refractivity contribution is 5.89. The zero-order chi connectivity index (χ0) is 13.6. The SMILES string of the molecule is C=C(C/N=C(\C)C12CCC(C)(CC1)C2)C(F)(F)F. The van der Waals surface area contributed by atoms with E-state index in [2.05, 4.69) is 18.5 Å². The first-order valence-electron chi connectivity index (χ1n) is 6.44. The van der Waals surface area contributed by atoms with Gasteiger partial charge in [-0.1, -0.05) is 13.5 Å². The van der Waals surface area contributed by atoms with Crippen molar-refractivity contribution in [3.63, 3.8) is 0 Å². The molecule has 2 aliphatic rings. The monoisotopic (exact) mass is 259 g/mol. The van der Waals surface area contributed by atoms with Gasteiger partial charge in [0.2, 0.25) is 0 Å². The molecule has 0 spiro atoms. The van der Waals surface area contributed by atoms with E-state index in [1.54, 1.807) is 0 Å². The molecule has 0 aromatic rings. The molecule has 1 nitrogen and oxygen atoms in total. The average molecular weight is 259 g/mol. The number of halogens is 3. The van der Waals surface area contributed by atoms with Crippen LogP contribution in [0.15, 0.2) is 17.1 Å². The predicted molar refractivity (Wildman–Crippen MR) is 66.8 cm³/mol. The first-order valence-corrected chi connectivity index (χ1v) is 6.44. The minimum absolute atomic E-state index is 0.0840. The smallest absolute Gasteiger partial charge is 0.289 e. The number of alkyl halides is 3. The summed E-state index contributed by atoms with van der Waals surface area (Å²) in [5.41, 5.74) is 0.629. The van der Waals surface area contributed by atoms with E-state index in [0.29, 0.717) is 5.41 Å². The van der Waals surface area contributed by atoms with Crippen molar-refractivity contribution in [2.45, 2.75) is 52.1 Å². The highest BCUT2D eigenvalue weighted by Crippen LogP contribution is 2.61. The van der Waals surface area contributed by atoms with Crippen LogP contribution in [0.4, 0.5) is 13.2 Å². The summed E-state index contributed by atoms with van der Waals surface area (Å²) in [6.45, 7) is 6.92. The van der Waals surface area contributed by atoms with E-state index < -0.39 is 11.7 Å². The van der Waals surface area contributed by atoms with E-state index in [0.717, 1.165) is 25.0 Å². The number of aliphatic imine (C=N–C) groups is 1. The van der Waals surface area contributed by atoms with Crippen molar-refractivity contribution in [3.05, 3.63) is 12.2 Å². The van der Waals surface area contributed by atoms with Gasteiger partial charge in [-0.25, -0.2) is 0 Å². The molecule has 0 amide bonds. The maximum Gasteiger partial charge on any atom is 0.413 e. The molecular formula is C14H20F3N. The van der Waals surface area contributed by atoms with E-state index in [4.69, 9.17) is 0 Å². The largest absolute Gasteiger partial charge is 0.413 e. The maximum absolute atomic E-state index is 12.4. The number of hydrogen-bond donors (Lipinski definition) is 0. The molecule has 0 saturated heterocycles. The van der Waals surface area contributed by atoms with Crippen molar-refractivity contribution < 1.29 is 13.2 Å². The van der Waals surface area contributed by atoms with Crippen LogP contribution in [0.25, 0.3) is 0 Å². The van der Waals surface area contributed by atoms with E-state index in [1.807, 2.05) is 6.92 Å². The Morgan fingerprint density at radius 3 is 2.17 bits per heavy atom. The molecule has 0 unspecified atom stereocenters. The van der Waals surface area contributed by atoms with Crippen LogP contribution in [0.5, 0.6) is 0 Å². The Morgan fingerprint density at radius 1 is 1.22 bits per heavy atom. The van der Waals surface area contributed by atoms with Crippen LogP contribution in [0.3, 0.4) is 0 Å². The van der Waals surface area contributed by atoms with Gasteiger partial charge >= 0.3 is 6.18 Å². The molecule has 102 valence electrons. The number of fused-ring (bicyclic) bond motifs is 2. The minimum atomic E-state index is -4.32. The molecule has 4 heteroatoms. The Morgan fingerprint density at radius 2 is 1.78 bits per heavy atom. The van der Waals surface area contributed by atoms with E-state index in [9.17, 15) is 13.2 Å². The predicted octanol–water partition coefficient (Wildman–Crippen LogP) is 4.54. The van der Waals surface area contributed by atoms with E-state index in [1.165, 1.54) is 12.8 Å². The molecular weight excluding hydrogens is 239 g/mol. The standard InChI is InChI=1S/C14H20F3N/c1-10(14(15,16)17)8-18-11(2)13-6-4-12(3,9-13)5-7-13/h1,4-9H2,2-3H3/b18-11+. The van der Waals surface area contributed by atoms with Crippen molar-refractivity contribution in [2.75, 3.05) is 6.54 Å². The lowest BCUT2D eigenvalue weighted by atomic mass is 9.79. The Balaban J connectivity index is 2.04. The van der Waals surface area contributed by atoms with Gasteiger partial charge in [-0.05, 0) is 44.4 Å². The molecule has 0 aromatic heterocycles. The van der Waals surface area contributed by atoms with Crippen molar-refractivity contribution in [2.24, 2.45) is 15.8 Å². The minimum Gasteiger partial charge on any atom is -0.289 e. The normalized spacial score (nSPS) is 36.2. The maximum atomic E-state index is 12.4. The molecule has 0 atom stereocenters. The van der Waals surface area contributed by atoms with Crippen molar-refractivity contribution >= 4 is 5.71 Å². The Labute approximate surface area is 106 Å². The van der Waals surface area contributed by atoms with Crippen LogP contribution in [0.1, 0.15) is 46.0 Å². The Hall–Kier alpha value is -0.800. The Bertz CT molecular complexity index is 384. The average Bonchev–Trinajstić information content (AvgIpc) is 2.78. The number of nitrogens with zero attached hydrogens (tertiary/aromatic N) is 1. The third-order valence-corrected chi connectivity index (χ3v) is 4.85. The quantitative estimate of drug-likeness (QED) is 0.521. The topological polar surface area (TPSA) is 12.4 Å². The van der Waals surface area contributed by atoms with Gasteiger partial charge in [0.15, 0.2) is 0 Å². The lowest BCUT2D eigenvalue weighted by Gasteiger charge is -2.27. The molecule has 2 fully saturated rings. The van der Waals surface area contributed by atoms with Crippen LogP contribution in [0.2, 0.25) is 0 Å². The molecule has 2 bridgehead atoms. The molecule has 2 saturated carbocycles. The van der Waals surface area contributed by atoms with Crippen molar-refractivity contribution in [3.8, 4) is 0 Å². The van der Waals surface area contributed by atoms with Gasteiger partial charge in [0.05, 0.1) is 6.54 Å². The van der Waals surface area contributed by atoms with E-state index >= 15 is 0 Å². The van der Waals surface area contributed by atoms with Crippen LogP contribution >= 0.6 is 0 Å².